The summed E-state index contributed by atoms with van der Waals surface area (Å²) in [6.07, 6.45) is 6.37. The van der Waals surface area contributed by atoms with E-state index in [2.05, 4.69) is 23.8 Å². The first kappa shape index (κ1) is 10.3. The van der Waals surface area contributed by atoms with Crippen molar-refractivity contribution in [3.8, 4) is 0 Å². The maximum absolute atomic E-state index is 4.00. The van der Waals surface area contributed by atoms with Gasteiger partial charge in [0.1, 0.15) is 0 Å². The lowest BCUT2D eigenvalue weighted by molar-refractivity contribution is 0.165. The van der Waals surface area contributed by atoms with Crippen molar-refractivity contribution in [2.75, 3.05) is 20.1 Å². The van der Waals surface area contributed by atoms with Gasteiger partial charge in [0.05, 0.1) is 6.04 Å². The average Bonchev–Trinajstić information content (AvgIpc) is 2.16. The second-order valence-electron chi connectivity index (χ2n) is 3.54. The van der Waals surface area contributed by atoms with Crippen LogP contribution in [0.25, 0.3) is 0 Å². The van der Waals surface area contributed by atoms with Crippen LogP contribution >= 0.6 is 0 Å². The van der Waals surface area contributed by atoms with E-state index in [0.717, 1.165) is 13.1 Å². The summed E-state index contributed by atoms with van der Waals surface area (Å²) in [6.45, 7) is 7.91. The van der Waals surface area contributed by atoms with Gasteiger partial charge in [-0.05, 0) is 39.9 Å². The number of hydrogen-bond donors (Lipinski definition) is 0. The molecule has 0 N–H and O–H groups in total. The molecular weight excluding hydrogens is 162 g/mol. The summed E-state index contributed by atoms with van der Waals surface area (Å²) in [4.78, 5) is 2.35. The average molecular weight is 181 g/mol. The third kappa shape index (κ3) is 2.84. The SMILES string of the molecule is C=NN(/C=C\C)C1CCN(C)CC1. The predicted molar refractivity (Wildman–Crippen MR) is 56.7 cm³/mol. The van der Waals surface area contributed by atoms with Crippen LogP contribution in [0, 0.1) is 0 Å². The van der Waals surface area contributed by atoms with Crippen LogP contribution in [0.1, 0.15) is 19.8 Å². The third-order valence-corrected chi connectivity index (χ3v) is 2.53. The maximum atomic E-state index is 4.00. The van der Waals surface area contributed by atoms with Gasteiger partial charge >= 0.3 is 0 Å². The van der Waals surface area contributed by atoms with Crippen molar-refractivity contribution in [3.63, 3.8) is 0 Å². The van der Waals surface area contributed by atoms with Gasteiger partial charge in [0.2, 0.25) is 0 Å². The Labute approximate surface area is 80.7 Å². The molecule has 0 saturated carbocycles. The van der Waals surface area contributed by atoms with Gasteiger partial charge in [0.15, 0.2) is 0 Å². The molecule has 1 aliphatic rings. The van der Waals surface area contributed by atoms with Crippen molar-refractivity contribution < 1.29 is 0 Å². The van der Waals surface area contributed by atoms with E-state index < -0.39 is 0 Å². The largest absolute Gasteiger partial charge is 0.306 e. The zero-order valence-electron chi connectivity index (χ0n) is 8.61. The minimum Gasteiger partial charge on any atom is -0.306 e. The van der Waals surface area contributed by atoms with E-state index in [4.69, 9.17) is 0 Å². The van der Waals surface area contributed by atoms with E-state index in [1.807, 2.05) is 24.2 Å². The molecule has 1 rings (SSSR count). The zero-order valence-corrected chi connectivity index (χ0v) is 8.61. The number of hydrogen-bond acceptors (Lipinski definition) is 3. The molecule has 0 amide bonds. The first-order chi connectivity index (χ1) is 6.27. The Morgan fingerprint density at radius 1 is 1.46 bits per heavy atom. The van der Waals surface area contributed by atoms with Crippen LogP contribution in [0.3, 0.4) is 0 Å². The molecule has 1 heterocycles. The van der Waals surface area contributed by atoms with Crippen molar-refractivity contribution in [1.29, 1.82) is 0 Å². The lowest BCUT2D eigenvalue weighted by Crippen LogP contribution is -2.39. The fourth-order valence-electron chi connectivity index (χ4n) is 1.70. The topological polar surface area (TPSA) is 18.8 Å². The molecule has 13 heavy (non-hydrogen) atoms. The van der Waals surface area contributed by atoms with Gasteiger partial charge in [-0.3, -0.25) is 5.01 Å². The molecule has 0 aromatic heterocycles. The van der Waals surface area contributed by atoms with Crippen LogP contribution in [0.2, 0.25) is 0 Å². The third-order valence-electron chi connectivity index (χ3n) is 2.53. The van der Waals surface area contributed by atoms with Crippen molar-refractivity contribution in [1.82, 2.24) is 9.91 Å². The van der Waals surface area contributed by atoms with E-state index in [9.17, 15) is 0 Å². The molecule has 74 valence electrons. The summed E-state index contributed by atoms with van der Waals surface area (Å²) in [5.74, 6) is 0. The zero-order chi connectivity index (χ0) is 9.68. The number of piperidine rings is 1. The Balaban J connectivity index is 2.45. The van der Waals surface area contributed by atoms with Gasteiger partial charge in [-0.25, -0.2) is 0 Å². The van der Waals surface area contributed by atoms with Crippen LogP contribution in [0.5, 0.6) is 0 Å². The Bertz CT molecular complexity index is 181. The highest BCUT2D eigenvalue weighted by atomic mass is 15.5. The fraction of sp³-hybridized carbons (Fsp3) is 0.700. The lowest BCUT2D eigenvalue weighted by atomic mass is 10.1. The van der Waals surface area contributed by atoms with E-state index in [-0.39, 0.29) is 0 Å². The Morgan fingerprint density at radius 3 is 2.54 bits per heavy atom. The molecule has 0 unspecified atom stereocenters. The first-order valence-electron chi connectivity index (χ1n) is 4.84. The molecule has 0 aromatic carbocycles. The molecule has 0 aliphatic carbocycles. The number of rotatable bonds is 3. The van der Waals surface area contributed by atoms with Crippen molar-refractivity contribution in [2.24, 2.45) is 5.10 Å². The fourth-order valence-corrected chi connectivity index (χ4v) is 1.70. The van der Waals surface area contributed by atoms with E-state index in [1.54, 1.807) is 0 Å². The van der Waals surface area contributed by atoms with Gasteiger partial charge in [-0.2, -0.15) is 5.10 Å². The highest BCUT2D eigenvalue weighted by molar-refractivity contribution is 5.23. The molecule has 1 aliphatic heterocycles. The summed E-state index contributed by atoms with van der Waals surface area (Å²) in [5, 5.41) is 5.98. The predicted octanol–water partition coefficient (Wildman–Crippen LogP) is 1.53. The smallest absolute Gasteiger partial charge is 0.0543 e. The summed E-state index contributed by atoms with van der Waals surface area (Å²) >= 11 is 0. The highest BCUT2D eigenvalue weighted by Crippen LogP contribution is 2.15. The molecule has 0 radical (unpaired) electrons. The van der Waals surface area contributed by atoms with Crippen molar-refractivity contribution in [2.45, 2.75) is 25.8 Å². The van der Waals surface area contributed by atoms with Gasteiger partial charge in [0, 0.05) is 12.9 Å². The summed E-state index contributed by atoms with van der Waals surface area (Å²) in [7, 11) is 2.16. The van der Waals surface area contributed by atoms with E-state index in [0.29, 0.717) is 6.04 Å². The van der Waals surface area contributed by atoms with Crippen LogP contribution in [-0.2, 0) is 0 Å². The highest BCUT2D eigenvalue weighted by Gasteiger charge is 2.19. The maximum Gasteiger partial charge on any atom is 0.0543 e. The minimum atomic E-state index is 0.546. The number of nitrogens with zero attached hydrogens (tertiary/aromatic N) is 3. The first-order valence-corrected chi connectivity index (χ1v) is 4.84. The molecular formula is C10H19N3. The summed E-state index contributed by atoms with van der Waals surface area (Å²) < 4.78 is 0. The molecule has 3 nitrogen and oxygen atoms in total. The number of allylic oxidation sites excluding steroid dienone is 1. The standard InChI is InChI=1S/C10H19N3/c1-4-7-13(11-2)10-5-8-12(3)9-6-10/h4,7,10H,2,5-6,8-9H2,1,3H3/b7-4-. The summed E-state index contributed by atoms with van der Waals surface area (Å²) in [6, 6.07) is 0.546. The number of likely N-dealkylation sites (tertiary alicyclic amines) is 1. The molecule has 0 bridgehead atoms. The molecule has 0 spiro atoms. The molecule has 0 aromatic rings. The Kier molecular flexibility index (Phi) is 3.96. The van der Waals surface area contributed by atoms with Gasteiger partial charge < -0.3 is 4.90 Å². The quantitative estimate of drug-likeness (QED) is 0.486. The summed E-state index contributed by atoms with van der Waals surface area (Å²) in [5.41, 5.74) is 0. The second-order valence-corrected chi connectivity index (χ2v) is 3.54. The minimum absolute atomic E-state index is 0.546. The molecule has 3 heteroatoms. The lowest BCUT2D eigenvalue weighted by Gasteiger charge is -2.33. The molecule has 0 atom stereocenters. The van der Waals surface area contributed by atoms with E-state index >= 15 is 0 Å². The normalized spacial score (nSPS) is 20.8. The van der Waals surface area contributed by atoms with Gasteiger partial charge in [0.25, 0.3) is 0 Å². The Morgan fingerprint density at radius 2 is 2.08 bits per heavy atom. The van der Waals surface area contributed by atoms with Gasteiger partial charge in [-0.15, -0.1) is 0 Å². The molecule has 1 fully saturated rings. The van der Waals surface area contributed by atoms with Crippen LogP contribution in [-0.4, -0.2) is 42.8 Å². The van der Waals surface area contributed by atoms with Crippen LogP contribution < -0.4 is 0 Å². The molecule has 1 saturated heterocycles. The van der Waals surface area contributed by atoms with Crippen molar-refractivity contribution >= 4 is 6.72 Å². The van der Waals surface area contributed by atoms with E-state index in [1.165, 1.54) is 12.8 Å². The van der Waals surface area contributed by atoms with Gasteiger partial charge in [-0.1, -0.05) is 6.08 Å². The van der Waals surface area contributed by atoms with Crippen LogP contribution in [0.15, 0.2) is 17.4 Å². The second kappa shape index (κ2) is 5.02. The van der Waals surface area contributed by atoms with Crippen molar-refractivity contribution in [3.05, 3.63) is 12.3 Å². The monoisotopic (exact) mass is 181 g/mol. The Hall–Kier alpha value is -0.830. The number of hydrazone groups is 1. The van der Waals surface area contributed by atoms with Crippen LogP contribution in [0.4, 0.5) is 0 Å².